The Bertz CT molecular complexity index is 968. The zero-order valence-electron chi connectivity index (χ0n) is 15.6. The van der Waals surface area contributed by atoms with E-state index in [0.717, 1.165) is 23.9 Å². The second-order valence-corrected chi connectivity index (χ2v) is 6.42. The quantitative estimate of drug-likeness (QED) is 0.617. The van der Waals surface area contributed by atoms with Crippen LogP contribution in [0.1, 0.15) is 21.6 Å². The Balaban J connectivity index is 1.63. The highest BCUT2D eigenvalue weighted by atomic mass is 19.4. The van der Waals surface area contributed by atoms with Gasteiger partial charge in [-0.25, -0.2) is 9.97 Å². The molecular weight excluding hydrogens is 399 g/mol. The van der Waals surface area contributed by atoms with Crippen molar-refractivity contribution in [2.45, 2.75) is 18.4 Å². The van der Waals surface area contributed by atoms with E-state index >= 15 is 0 Å². The number of ether oxygens (including phenoxy) is 1. The van der Waals surface area contributed by atoms with Gasteiger partial charge in [0, 0.05) is 0 Å². The van der Waals surface area contributed by atoms with Gasteiger partial charge in [0.1, 0.15) is 12.3 Å². The van der Waals surface area contributed by atoms with Crippen LogP contribution in [0.15, 0.2) is 73.1 Å². The second kappa shape index (κ2) is 8.91. The fourth-order valence-corrected chi connectivity index (χ4v) is 2.62. The fourth-order valence-electron chi connectivity index (χ4n) is 2.62. The van der Waals surface area contributed by atoms with Crippen molar-refractivity contribution in [1.29, 1.82) is 0 Å². The van der Waals surface area contributed by atoms with Gasteiger partial charge in [-0.1, -0.05) is 60.7 Å². The van der Waals surface area contributed by atoms with E-state index < -0.39 is 24.2 Å². The minimum Gasteiger partial charge on any atom is -0.472 e. The molecule has 0 spiro atoms. The molecule has 1 heterocycles. The predicted molar refractivity (Wildman–Crippen MR) is 102 cm³/mol. The lowest BCUT2D eigenvalue weighted by molar-refractivity contribution is -0.263. The monoisotopic (exact) mass is 417 g/mol. The minimum absolute atomic E-state index is 0.159. The molecule has 3 rings (SSSR count). The maximum Gasteiger partial charge on any atom is 0.423 e. The molecule has 1 unspecified atom stereocenters. The molecule has 0 saturated heterocycles. The lowest BCUT2D eigenvalue weighted by Gasteiger charge is -2.31. The van der Waals surface area contributed by atoms with Crippen molar-refractivity contribution < 1.29 is 27.8 Å². The van der Waals surface area contributed by atoms with Gasteiger partial charge in [0.25, 0.3) is 5.91 Å². The van der Waals surface area contributed by atoms with Crippen LogP contribution in [-0.2, 0) is 12.2 Å². The number of carbonyl (C=O) groups is 1. The highest BCUT2D eigenvalue weighted by Crippen LogP contribution is 2.38. The summed E-state index contributed by atoms with van der Waals surface area (Å²) in [6, 6.07) is 15.8. The lowest BCUT2D eigenvalue weighted by atomic mass is 9.93. The molecular formula is C21H18F3N3O3. The predicted octanol–water partition coefficient (Wildman–Crippen LogP) is 3.24. The molecule has 0 radical (unpaired) electrons. The first-order chi connectivity index (χ1) is 14.3. The third-order valence-electron chi connectivity index (χ3n) is 4.32. The van der Waals surface area contributed by atoms with Gasteiger partial charge in [-0.05, 0) is 11.1 Å². The first-order valence-corrected chi connectivity index (χ1v) is 8.91. The van der Waals surface area contributed by atoms with E-state index in [1.165, 1.54) is 24.4 Å². The summed E-state index contributed by atoms with van der Waals surface area (Å²) in [6.45, 7) is -0.829. The molecule has 1 amide bonds. The smallest absolute Gasteiger partial charge is 0.423 e. The number of aromatic nitrogens is 2. The Labute approximate surface area is 170 Å². The summed E-state index contributed by atoms with van der Waals surface area (Å²) in [5.41, 5.74) is -2.92. The van der Waals surface area contributed by atoms with Crippen LogP contribution in [0.25, 0.3) is 0 Å². The van der Waals surface area contributed by atoms with Gasteiger partial charge in [-0.2, -0.15) is 13.2 Å². The van der Waals surface area contributed by atoms with Crippen LogP contribution in [0.3, 0.4) is 0 Å². The Morgan fingerprint density at radius 1 is 0.967 bits per heavy atom. The molecule has 30 heavy (non-hydrogen) atoms. The van der Waals surface area contributed by atoms with Crippen LogP contribution in [-0.4, -0.2) is 33.7 Å². The SMILES string of the molecule is O=C(NCC(O)(c1ccccc1)C(F)(F)F)c1cnc(OCc2ccccc2)cn1. The summed E-state index contributed by atoms with van der Waals surface area (Å²) in [5.74, 6) is -0.748. The summed E-state index contributed by atoms with van der Waals surface area (Å²) in [5, 5.41) is 12.3. The third-order valence-corrected chi connectivity index (χ3v) is 4.32. The largest absolute Gasteiger partial charge is 0.472 e. The Hall–Kier alpha value is -3.46. The molecule has 0 aliphatic rings. The molecule has 0 aliphatic heterocycles. The number of hydrogen-bond donors (Lipinski definition) is 2. The normalized spacial score (nSPS) is 13.3. The summed E-state index contributed by atoms with van der Waals surface area (Å²) in [6.07, 6.45) is -2.71. The van der Waals surface area contributed by atoms with E-state index in [1.807, 2.05) is 30.3 Å². The average molecular weight is 417 g/mol. The highest BCUT2D eigenvalue weighted by molar-refractivity contribution is 5.92. The summed E-state index contributed by atoms with van der Waals surface area (Å²) >= 11 is 0. The maximum absolute atomic E-state index is 13.5. The topological polar surface area (TPSA) is 84.3 Å². The van der Waals surface area contributed by atoms with Crippen LogP contribution in [0.2, 0.25) is 0 Å². The molecule has 2 N–H and O–H groups in total. The minimum atomic E-state index is -5.00. The van der Waals surface area contributed by atoms with Gasteiger partial charge in [-0.3, -0.25) is 4.79 Å². The number of alkyl halides is 3. The molecule has 0 aliphatic carbocycles. The summed E-state index contributed by atoms with van der Waals surface area (Å²) in [7, 11) is 0. The molecule has 9 heteroatoms. The maximum atomic E-state index is 13.5. The van der Waals surface area contributed by atoms with Gasteiger partial charge in [0.15, 0.2) is 0 Å². The van der Waals surface area contributed by atoms with E-state index in [4.69, 9.17) is 4.74 Å². The highest BCUT2D eigenvalue weighted by Gasteiger charge is 2.55. The number of benzene rings is 2. The van der Waals surface area contributed by atoms with E-state index in [-0.39, 0.29) is 23.7 Å². The molecule has 0 bridgehead atoms. The number of hydrogen-bond acceptors (Lipinski definition) is 5. The van der Waals surface area contributed by atoms with Gasteiger partial charge >= 0.3 is 6.18 Å². The third kappa shape index (κ3) is 4.93. The van der Waals surface area contributed by atoms with Crippen LogP contribution in [0, 0.1) is 0 Å². The van der Waals surface area contributed by atoms with Gasteiger partial charge in [0.2, 0.25) is 11.5 Å². The molecule has 1 aromatic heterocycles. The van der Waals surface area contributed by atoms with E-state index in [0.29, 0.717) is 0 Å². The summed E-state index contributed by atoms with van der Waals surface area (Å²) < 4.78 is 45.9. The number of nitrogens with zero attached hydrogens (tertiary/aromatic N) is 2. The Morgan fingerprint density at radius 2 is 1.60 bits per heavy atom. The van der Waals surface area contributed by atoms with Gasteiger partial charge in [0.05, 0.1) is 18.9 Å². The van der Waals surface area contributed by atoms with Crippen molar-refractivity contribution in [3.8, 4) is 5.88 Å². The number of amides is 1. The number of halogens is 3. The average Bonchev–Trinajstić information content (AvgIpc) is 2.76. The number of rotatable bonds is 7. The molecule has 3 aromatic rings. The molecule has 1 atom stereocenters. The molecule has 2 aromatic carbocycles. The molecule has 0 saturated carbocycles. The van der Waals surface area contributed by atoms with Crippen LogP contribution in [0.4, 0.5) is 13.2 Å². The lowest BCUT2D eigenvalue weighted by Crippen LogP contribution is -2.51. The van der Waals surface area contributed by atoms with Crippen molar-refractivity contribution in [3.63, 3.8) is 0 Å². The fraction of sp³-hybridized carbons (Fsp3) is 0.190. The Morgan fingerprint density at radius 3 is 2.17 bits per heavy atom. The number of carbonyl (C=O) groups excluding carboxylic acids is 1. The summed E-state index contributed by atoms with van der Waals surface area (Å²) in [4.78, 5) is 20.0. The van der Waals surface area contributed by atoms with Crippen LogP contribution < -0.4 is 10.1 Å². The molecule has 0 fully saturated rings. The van der Waals surface area contributed by atoms with Crippen molar-refractivity contribution in [3.05, 3.63) is 89.9 Å². The van der Waals surface area contributed by atoms with Gasteiger partial charge < -0.3 is 15.2 Å². The van der Waals surface area contributed by atoms with Crippen molar-refractivity contribution >= 4 is 5.91 Å². The molecule has 6 nitrogen and oxygen atoms in total. The van der Waals surface area contributed by atoms with E-state index in [1.54, 1.807) is 0 Å². The van der Waals surface area contributed by atoms with Crippen molar-refractivity contribution in [2.24, 2.45) is 0 Å². The molecule has 156 valence electrons. The number of aliphatic hydroxyl groups is 1. The number of nitrogens with one attached hydrogen (secondary N) is 1. The first kappa shape index (κ1) is 21.3. The van der Waals surface area contributed by atoms with Gasteiger partial charge in [-0.15, -0.1) is 0 Å². The second-order valence-electron chi connectivity index (χ2n) is 6.42. The van der Waals surface area contributed by atoms with E-state index in [9.17, 15) is 23.1 Å². The zero-order chi connectivity index (χ0) is 21.6. The van der Waals surface area contributed by atoms with Crippen molar-refractivity contribution in [1.82, 2.24) is 15.3 Å². The Kier molecular flexibility index (Phi) is 6.31. The zero-order valence-corrected chi connectivity index (χ0v) is 15.6. The van der Waals surface area contributed by atoms with Crippen LogP contribution >= 0.6 is 0 Å². The first-order valence-electron chi connectivity index (χ1n) is 8.91. The van der Waals surface area contributed by atoms with Crippen LogP contribution in [0.5, 0.6) is 5.88 Å². The van der Waals surface area contributed by atoms with Crippen molar-refractivity contribution in [2.75, 3.05) is 6.54 Å². The standard InChI is InChI=1S/C21H18F3N3O3/c22-21(23,24)20(29,16-9-5-2-6-10-16)14-27-19(28)17-11-26-18(12-25-17)30-13-15-7-3-1-4-8-15/h1-12,29H,13-14H2,(H,27,28). The van der Waals surface area contributed by atoms with E-state index in [2.05, 4.69) is 15.3 Å².